The summed E-state index contributed by atoms with van der Waals surface area (Å²) < 4.78 is 2.32. The van der Waals surface area contributed by atoms with E-state index in [1.807, 2.05) is 6.20 Å². The van der Waals surface area contributed by atoms with Crippen LogP contribution in [0.2, 0.25) is 0 Å². The van der Waals surface area contributed by atoms with Gasteiger partial charge in [0, 0.05) is 24.6 Å². The molecule has 1 aromatic carbocycles. The van der Waals surface area contributed by atoms with E-state index in [9.17, 15) is 0 Å². The van der Waals surface area contributed by atoms with Gasteiger partial charge in [-0.15, -0.1) is 11.3 Å². The molecule has 0 saturated carbocycles. The fraction of sp³-hybridized carbons (Fsp3) is 0.235. The zero-order chi connectivity index (χ0) is 14.1. The van der Waals surface area contributed by atoms with E-state index in [2.05, 4.69) is 62.8 Å². The Morgan fingerprint density at radius 3 is 3.05 bits per heavy atom. The van der Waals surface area contributed by atoms with E-state index in [1.54, 1.807) is 11.3 Å². The molecule has 0 aliphatic carbocycles. The highest BCUT2D eigenvalue weighted by Crippen LogP contribution is 2.30. The lowest BCUT2D eigenvalue weighted by Gasteiger charge is -2.18. The molecule has 1 atom stereocenters. The number of hydrogen-bond acceptors (Lipinski definition) is 3. The molecule has 0 amide bonds. The number of anilines is 1. The van der Waals surface area contributed by atoms with Gasteiger partial charge in [-0.3, -0.25) is 0 Å². The zero-order valence-corrected chi connectivity index (χ0v) is 12.5. The summed E-state index contributed by atoms with van der Waals surface area (Å²) in [5.74, 6) is 1.09. The van der Waals surface area contributed by atoms with Gasteiger partial charge in [-0.1, -0.05) is 24.3 Å². The molecule has 3 nitrogen and oxygen atoms in total. The standard InChI is InChI=1S/C17H17N3S/c1-2-5-15-13(4-1)7-8-14(12-19-15)20-10-9-18-17(20)16-6-3-11-21-16/h1-6,9-11,14,19H,7-8,12H2. The van der Waals surface area contributed by atoms with Gasteiger partial charge in [0.05, 0.1) is 10.9 Å². The Bertz CT molecular complexity index is 703. The van der Waals surface area contributed by atoms with E-state index in [4.69, 9.17) is 0 Å². The maximum absolute atomic E-state index is 4.56. The Hall–Kier alpha value is -2.07. The number of nitrogens with one attached hydrogen (secondary N) is 1. The molecule has 2 aromatic heterocycles. The third-order valence-electron chi connectivity index (χ3n) is 4.10. The summed E-state index contributed by atoms with van der Waals surface area (Å²) in [7, 11) is 0. The van der Waals surface area contributed by atoms with Crippen molar-refractivity contribution in [2.24, 2.45) is 0 Å². The van der Waals surface area contributed by atoms with Crippen LogP contribution in [0, 0.1) is 0 Å². The molecule has 0 bridgehead atoms. The van der Waals surface area contributed by atoms with Crippen LogP contribution in [0.5, 0.6) is 0 Å². The van der Waals surface area contributed by atoms with Crippen LogP contribution >= 0.6 is 11.3 Å². The number of benzene rings is 1. The van der Waals surface area contributed by atoms with Gasteiger partial charge < -0.3 is 9.88 Å². The number of para-hydroxylation sites is 1. The Morgan fingerprint density at radius 2 is 2.14 bits per heavy atom. The Kier molecular flexibility index (Phi) is 3.24. The first-order valence-corrected chi connectivity index (χ1v) is 8.18. The monoisotopic (exact) mass is 295 g/mol. The quantitative estimate of drug-likeness (QED) is 0.767. The number of fused-ring (bicyclic) bond motifs is 1. The smallest absolute Gasteiger partial charge is 0.150 e. The van der Waals surface area contributed by atoms with Crippen molar-refractivity contribution in [2.45, 2.75) is 18.9 Å². The van der Waals surface area contributed by atoms with E-state index < -0.39 is 0 Å². The molecule has 0 radical (unpaired) electrons. The van der Waals surface area contributed by atoms with Crippen molar-refractivity contribution in [3.05, 3.63) is 59.7 Å². The third-order valence-corrected chi connectivity index (χ3v) is 4.96. The van der Waals surface area contributed by atoms with Crippen molar-refractivity contribution in [1.82, 2.24) is 9.55 Å². The molecule has 1 N–H and O–H groups in total. The normalized spacial score (nSPS) is 17.8. The van der Waals surface area contributed by atoms with E-state index in [0.29, 0.717) is 6.04 Å². The molecular weight excluding hydrogens is 278 g/mol. The van der Waals surface area contributed by atoms with Crippen LogP contribution in [-0.4, -0.2) is 16.1 Å². The summed E-state index contributed by atoms with van der Waals surface area (Å²) in [4.78, 5) is 5.80. The second-order valence-electron chi connectivity index (χ2n) is 5.37. The topological polar surface area (TPSA) is 29.9 Å². The van der Waals surface area contributed by atoms with E-state index in [0.717, 1.165) is 25.2 Å². The summed E-state index contributed by atoms with van der Waals surface area (Å²) in [5, 5.41) is 5.70. The molecule has 4 heteroatoms. The largest absolute Gasteiger partial charge is 0.383 e. The van der Waals surface area contributed by atoms with Gasteiger partial charge in [-0.05, 0) is 35.9 Å². The third kappa shape index (κ3) is 2.36. The van der Waals surface area contributed by atoms with Crippen LogP contribution < -0.4 is 5.32 Å². The van der Waals surface area contributed by atoms with E-state index in [1.165, 1.54) is 16.1 Å². The Labute approximate surface area is 128 Å². The lowest BCUT2D eigenvalue weighted by molar-refractivity contribution is 0.499. The van der Waals surface area contributed by atoms with Crippen molar-refractivity contribution >= 4 is 17.0 Å². The average molecular weight is 295 g/mol. The minimum Gasteiger partial charge on any atom is -0.383 e. The van der Waals surface area contributed by atoms with Gasteiger partial charge in [0.25, 0.3) is 0 Å². The van der Waals surface area contributed by atoms with Crippen LogP contribution in [0.25, 0.3) is 10.7 Å². The van der Waals surface area contributed by atoms with Gasteiger partial charge >= 0.3 is 0 Å². The average Bonchev–Trinajstić information content (AvgIpc) is 3.15. The molecule has 3 aromatic rings. The fourth-order valence-electron chi connectivity index (χ4n) is 3.00. The molecule has 0 fully saturated rings. The molecule has 1 aliphatic heterocycles. The highest BCUT2D eigenvalue weighted by Gasteiger charge is 2.19. The molecule has 21 heavy (non-hydrogen) atoms. The first-order chi connectivity index (χ1) is 10.4. The van der Waals surface area contributed by atoms with Crippen LogP contribution in [0.15, 0.2) is 54.2 Å². The fourth-order valence-corrected chi connectivity index (χ4v) is 3.73. The SMILES string of the molecule is c1csc(-c2nccn2C2CCc3ccccc3NC2)c1. The van der Waals surface area contributed by atoms with Crippen LogP contribution in [-0.2, 0) is 6.42 Å². The van der Waals surface area contributed by atoms with Crippen molar-refractivity contribution in [3.8, 4) is 10.7 Å². The Balaban J connectivity index is 1.63. The van der Waals surface area contributed by atoms with Gasteiger partial charge in [-0.25, -0.2) is 4.98 Å². The first kappa shape index (κ1) is 12.7. The van der Waals surface area contributed by atoms with Crippen LogP contribution in [0.3, 0.4) is 0 Å². The van der Waals surface area contributed by atoms with Gasteiger partial charge in [-0.2, -0.15) is 0 Å². The van der Waals surface area contributed by atoms with Crippen molar-refractivity contribution < 1.29 is 0 Å². The summed E-state index contributed by atoms with van der Waals surface area (Å²) in [5.41, 5.74) is 2.69. The lowest BCUT2D eigenvalue weighted by atomic mass is 10.1. The minimum absolute atomic E-state index is 0.442. The molecule has 1 aliphatic rings. The summed E-state index contributed by atoms with van der Waals surface area (Å²) in [6, 6.07) is 13.3. The lowest BCUT2D eigenvalue weighted by Crippen LogP contribution is -2.17. The molecule has 0 spiro atoms. The maximum Gasteiger partial charge on any atom is 0.150 e. The van der Waals surface area contributed by atoms with Gasteiger partial charge in [0.15, 0.2) is 0 Å². The van der Waals surface area contributed by atoms with Gasteiger partial charge in [0.2, 0.25) is 0 Å². The molecule has 3 heterocycles. The number of aryl methyl sites for hydroxylation is 1. The van der Waals surface area contributed by atoms with Crippen molar-refractivity contribution in [2.75, 3.05) is 11.9 Å². The first-order valence-electron chi connectivity index (χ1n) is 7.30. The number of hydrogen-bond donors (Lipinski definition) is 1. The van der Waals surface area contributed by atoms with Crippen molar-refractivity contribution in [3.63, 3.8) is 0 Å². The molecule has 106 valence electrons. The predicted molar refractivity (Wildman–Crippen MR) is 87.8 cm³/mol. The van der Waals surface area contributed by atoms with Gasteiger partial charge in [0.1, 0.15) is 5.82 Å². The predicted octanol–water partition coefficient (Wildman–Crippen LogP) is 4.21. The highest BCUT2D eigenvalue weighted by atomic mass is 32.1. The number of aromatic nitrogens is 2. The summed E-state index contributed by atoms with van der Waals surface area (Å²) in [6.07, 6.45) is 6.26. The maximum atomic E-state index is 4.56. The Morgan fingerprint density at radius 1 is 1.19 bits per heavy atom. The number of nitrogens with zero attached hydrogens (tertiary/aromatic N) is 2. The molecule has 0 saturated heterocycles. The summed E-state index contributed by atoms with van der Waals surface area (Å²) in [6.45, 7) is 0.950. The second-order valence-corrected chi connectivity index (χ2v) is 6.31. The number of thiophene rings is 1. The van der Waals surface area contributed by atoms with E-state index in [-0.39, 0.29) is 0 Å². The van der Waals surface area contributed by atoms with Crippen LogP contribution in [0.4, 0.5) is 5.69 Å². The number of rotatable bonds is 2. The second kappa shape index (κ2) is 5.37. The minimum atomic E-state index is 0.442. The molecule has 4 rings (SSSR count). The summed E-state index contributed by atoms with van der Waals surface area (Å²) >= 11 is 1.75. The van der Waals surface area contributed by atoms with E-state index >= 15 is 0 Å². The zero-order valence-electron chi connectivity index (χ0n) is 11.7. The molecule has 1 unspecified atom stereocenters. The van der Waals surface area contributed by atoms with Crippen molar-refractivity contribution in [1.29, 1.82) is 0 Å². The number of imidazole rings is 1. The highest BCUT2D eigenvalue weighted by molar-refractivity contribution is 7.13. The van der Waals surface area contributed by atoms with Crippen LogP contribution in [0.1, 0.15) is 18.0 Å². The molecular formula is C17H17N3S.